The van der Waals surface area contributed by atoms with Crippen LogP contribution in [0.4, 0.5) is 11.5 Å². The third-order valence-electron chi connectivity index (χ3n) is 4.91. The second-order valence-electron chi connectivity index (χ2n) is 7.79. The quantitative estimate of drug-likeness (QED) is 0.229. The first kappa shape index (κ1) is 26.9. The first-order valence-corrected chi connectivity index (χ1v) is 12.5. The summed E-state index contributed by atoms with van der Waals surface area (Å²) in [5.74, 6) is 0.699. The molecule has 0 spiro atoms. The second-order valence-corrected chi connectivity index (χ2v) is 8.84. The Labute approximate surface area is 218 Å². The zero-order valence-corrected chi connectivity index (χ0v) is 22.0. The zero-order chi connectivity index (χ0) is 25.2. The lowest BCUT2D eigenvalue weighted by Gasteiger charge is -2.23. The maximum atomic E-state index is 12.5. The lowest BCUT2D eigenvalue weighted by Crippen LogP contribution is -2.33. The van der Waals surface area contributed by atoms with Crippen LogP contribution in [-0.4, -0.2) is 53.7 Å². The summed E-state index contributed by atoms with van der Waals surface area (Å²) < 4.78 is 17.1. The van der Waals surface area contributed by atoms with Crippen molar-refractivity contribution in [3.63, 3.8) is 0 Å². The van der Waals surface area contributed by atoms with Gasteiger partial charge in [0, 0.05) is 33.6 Å². The molecule has 0 saturated carbocycles. The maximum Gasteiger partial charge on any atom is 0.248 e. The predicted octanol–water partition coefficient (Wildman–Crippen LogP) is 5.33. The molecule has 3 rings (SSSR count). The lowest BCUT2D eigenvalue weighted by molar-refractivity contribution is -0.112. The Morgan fingerprint density at radius 3 is 2.83 bits per heavy atom. The van der Waals surface area contributed by atoms with Gasteiger partial charge in [0.05, 0.1) is 31.0 Å². The summed E-state index contributed by atoms with van der Waals surface area (Å²) in [6.07, 6.45) is 7.83. The zero-order valence-electron chi connectivity index (χ0n) is 19.6. The van der Waals surface area contributed by atoms with Gasteiger partial charge >= 0.3 is 0 Å². The van der Waals surface area contributed by atoms with E-state index < -0.39 is 0 Å². The molecule has 0 bridgehead atoms. The van der Waals surface area contributed by atoms with Crippen molar-refractivity contribution in [3.8, 4) is 5.75 Å². The highest BCUT2D eigenvalue weighted by molar-refractivity contribution is 9.09. The van der Waals surface area contributed by atoms with Gasteiger partial charge < -0.3 is 24.8 Å². The van der Waals surface area contributed by atoms with E-state index >= 15 is 0 Å². The minimum absolute atomic E-state index is 0.195. The molecule has 1 saturated heterocycles. The van der Waals surface area contributed by atoms with E-state index in [1.165, 1.54) is 12.4 Å². The third-order valence-corrected chi connectivity index (χ3v) is 5.77. The van der Waals surface area contributed by atoms with E-state index in [4.69, 9.17) is 25.8 Å². The van der Waals surface area contributed by atoms with Gasteiger partial charge in [-0.2, -0.15) is 0 Å². The van der Waals surface area contributed by atoms with Crippen LogP contribution < -0.4 is 15.4 Å². The van der Waals surface area contributed by atoms with Gasteiger partial charge in [0.15, 0.2) is 0 Å². The number of halogens is 2. The molecule has 2 aromatic rings. The Hall–Kier alpha value is -2.72. The van der Waals surface area contributed by atoms with E-state index in [-0.39, 0.29) is 18.6 Å². The first-order chi connectivity index (χ1) is 16.9. The third kappa shape index (κ3) is 7.90. The first-order valence-electron chi connectivity index (χ1n) is 11.0. The largest absolute Gasteiger partial charge is 0.489 e. The highest BCUT2D eigenvalue weighted by Crippen LogP contribution is 2.33. The summed E-state index contributed by atoms with van der Waals surface area (Å²) in [6.45, 7) is 9.50. The summed E-state index contributed by atoms with van der Waals surface area (Å²) in [5, 5.41) is 7.96. The second kappa shape index (κ2) is 13.4. The van der Waals surface area contributed by atoms with Gasteiger partial charge in [-0.1, -0.05) is 45.8 Å². The molecule has 1 amide bonds. The lowest BCUT2D eigenvalue weighted by atomic mass is 10.1. The molecular formula is C25H28BrClN4O4. The van der Waals surface area contributed by atoms with Crippen LogP contribution in [0.15, 0.2) is 65.6 Å². The Kier molecular flexibility index (Phi) is 10.3. The van der Waals surface area contributed by atoms with Crippen molar-refractivity contribution in [2.24, 2.45) is 0 Å². The fourth-order valence-corrected chi connectivity index (χ4v) is 3.41. The number of benzene rings is 1. The molecule has 0 radical (unpaired) electrons. The van der Waals surface area contributed by atoms with Gasteiger partial charge in [-0.3, -0.25) is 4.79 Å². The number of carbonyl (C=O) groups is 1. The van der Waals surface area contributed by atoms with E-state index in [9.17, 15) is 4.79 Å². The molecule has 1 aliphatic rings. The highest BCUT2D eigenvalue weighted by Gasteiger charge is 2.18. The molecule has 1 aromatic heterocycles. The van der Waals surface area contributed by atoms with Crippen molar-refractivity contribution in [1.82, 2.24) is 9.97 Å². The molecule has 35 heavy (non-hydrogen) atoms. The number of aromatic nitrogens is 2. The Bertz CT molecular complexity index is 1160. The molecule has 2 heterocycles. The normalized spacial score (nSPS) is 16.2. The van der Waals surface area contributed by atoms with Crippen molar-refractivity contribution in [1.29, 1.82) is 0 Å². The van der Waals surface area contributed by atoms with Crippen LogP contribution >= 0.6 is 27.5 Å². The Morgan fingerprint density at radius 2 is 2.14 bits per heavy atom. The van der Waals surface area contributed by atoms with Crippen molar-refractivity contribution in [2.45, 2.75) is 20.0 Å². The van der Waals surface area contributed by atoms with Gasteiger partial charge in [0.25, 0.3) is 0 Å². The summed E-state index contributed by atoms with van der Waals surface area (Å²) in [7, 11) is 0. The van der Waals surface area contributed by atoms with Crippen molar-refractivity contribution >= 4 is 55.8 Å². The van der Waals surface area contributed by atoms with Crippen LogP contribution in [0.5, 0.6) is 5.75 Å². The number of alkyl halides is 1. The molecule has 8 nitrogen and oxygen atoms in total. The standard InChI is InChI=1S/C25H28BrClN4O4/c1-4-17(10-20(27)16(2)3)30-25-19-11-22(31-24(32)6-5-7-26)23(12-21(19)28-15-29-25)35-14-18-13-33-8-9-34-18/h4-6,10-12,15,18H,1,7-9,13-14H2,2-3H3,(H,31,32)(H,28,29,30)/b6-5+,17-10+/t18-/m0/s1. The molecule has 186 valence electrons. The maximum absolute atomic E-state index is 12.5. The summed E-state index contributed by atoms with van der Waals surface area (Å²) in [6, 6.07) is 3.53. The molecular weight excluding hydrogens is 536 g/mol. The van der Waals surface area contributed by atoms with E-state index in [2.05, 4.69) is 43.1 Å². The van der Waals surface area contributed by atoms with E-state index in [0.717, 1.165) is 5.57 Å². The fraction of sp³-hybridized carbons (Fsp3) is 0.320. The number of amides is 1. The predicted molar refractivity (Wildman–Crippen MR) is 143 cm³/mol. The average Bonchev–Trinajstić information content (AvgIpc) is 2.86. The molecule has 1 atom stereocenters. The van der Waals surface area contributed by atoms with Crippen LogP contribution in [0, 0.1) is 0 Å². The summed E-state index contributed by atoms with van der Waals surface area (Å²) in [5.41, 5.74) is 2.74. The molecule has 0 unspecified atom stereocenters. The Morgan fingerprint density at radius 1 is 1.31 bits per heavy atom. The van der Waals surface area contributed by atoms with Gasteiger partial charge in [-0.15, -0.1) is 0 Å². The molecule has 2 N–H and O–H groups in total. The number of fused-ring (bicyclic) bond motifs is 1. The number of anilines is 2. The summed E-state index contributed by atoms with van der Waals surface area (Å²) in [4.78, 5) is 21.2. The monoisotopic (exact) mass is 562 g/mol. The van der Waals surface area contributed by atoms with Gasteiger partial charge in [-0.25, -0.2) is 9.97 Å². The van der Waals surface area contributed by atoms with Crippen molar-refractivity contribution in [3.05, 3.63) is 65.6 Å². The van der Waals surface area contributed by atoms with E-state index in [1.54, 1.807) is 30.4 Å². The number of hydrogen-bond acceptors (Lipinski definition) is 7. The number of nitrogens with zero attached hydrogens (tertiary/aromatic N) is 2. The van der Waals surface area contributed by atoms with E-state index in [1.807, 2.05) is 13.8 Å². The molecule has 1 aliphatic heterocycles. The van der Waals surface area contributed by atoms with Crippen LogP contribution in [0.25, 0.3) is 10.9 Å². The highest BCUT2D eigenvalue weighted by atomic mass is 79.9. The fourth-order valence-electron chi connectivity index (χ4n) is 3.11. The van der Waals surface area contributed by atoms with Gasteiger partial charge in [-0.05, 0) is 32.1 Å². The molecule has 1 aromatic carbocycles. The number of allylic oxidation sites excluding steroid dienone is 5. The van der Waals surface area contributed by atoms with E-state index in [0.29, 0.717) is 64.0 Å². The molecule has 1 fully saturated rings. The number of nitrogens with one attached hydrogen (secondary N) is 2. The SMILES string of the molecule is C=C/C(=C\C(Cl)=C(C)C)Nc1ncnc2cc(OC[C@@H]3COCCO3)c(NC(=O)/C=C/CBr)cc12. The smallest absolute Gasteiger partial charge is 0.248 e. The topological polar surface area (TPSA) is 94.6 Å². The van der Waals surface area contributed by atoms with Crippen LogP contribution in [0.2, 0.25) is 0 Å². The van der Waals surface area contributed by atoms with Crippen molar-refractivity contribution in [2.75, 3.05) is 42.4 Å². The van der Waals surface area contributed by atoms with Gasteiger partial charge in [0.2, 0.25) is 5.91 Å². The number of hydrogen-bond donors (Lipinski definition) is 2. The summed E-state index contributed by atoms with van der Waals surface area (Å²) >= 11 is 9.58. The number of rotatable bonds is 10. The number of ether oxygens (including phenoxy) is 3. The van der Waals surface area contributed by atoms with Crippen molar-refractivity contribution < 1.29 is 19.0 Å². The minimum atomic E-state index is -0.292. The van der Waals surface area contributed by atoms with Crippen LogP contribution in [-0.2, 0) is 14.3 Å². The minimum Gasteiger partial charge on any atom is -0.489 e. The molecule has 10 heteroatoms. The van der Waals surface area contributed by atoms with Crippen LogP contribution in [0.1, 0.15) is 13.8 Å². The average molecular weight is 564 g/mol. The number of carbonyl (C=O) groups excluding carboxylic acids is 1. The van der Waals surface area contributed by atoms with Crippen LogP contribution in [0.3, 0.4) is 0 Å². The Balaban J connectivity index is 1.97. The van der Waals surface area contributed by atoms with Gasteiger partial charge in [0.1, 0.15) is 30.6 Å². The molecule has 0 aliphatic carbocycles.